The summed E-state index contributed by atoms with van der Waals surface area (Å²) in [5.74, 6) is 0.648. The summed E-state index contributed by atoms with van der Waals surface area (Å²) >= 11 is 0. The first-order valence-corrected chi connectivity index (χ1v) is 18.1. The number of hydrogen-bond donors (Lipinski definition) is 0. The average Bonchev–Trinajstić information content (AvgIpc) is 3.82. The van der Waals surface area contributed by atoms with Gasteiger partial charge < -0.3 is 8.83 Å². The second kappa shape index (κ2) is 12.1. The largest absolute Gasteiger partial charge is 0.456 e. The molecule has 0 aliphatic rings. The molecule has 0 spiro atoms. The van der Waals surface area contributed by atoms with Crippen LogP contribution in [-0.4, -0.2) is 9.97 Å². The monoisotopic (exact) mass is 690 g/mol. The van der Waals surface area contributed by atoms with Crippen LogP contribution in [0.4, 0.5) is 0 Å². The van der Waals surface area contributed by atoms with Gasteiger partial charge in [0.05, 0.1) is 11.4 Å². The molecule has 8 aromatic carbocycles. The summed E-state index contributed by atoms with van der Waals surface area (Å²) in [5.41, 5.74) is 12.4. The topological polar surface area (TPSA) is 52.1 Å². The molecule has 4 nitrogen and oxygen atoms in total. The molecule has 0 unspecified atom stereocenters. The fraction of sp³-hybridized carbons (Fsp3) is 0. The summed E-state index contributed by atoms with van der Waals surface area (Å²) in [7, 11) is 0. The number of furan rings is 2. The van der Waals surface area contributed by atoms with E-state index in [-0.39, 0.29) is 0 Å². The van der Waals surface area contributed by atoms with Crippen LogP contribution in [0.2, 0.25) is 0 Å². The average molecular weight is 691 g/mol. The quantitative estimate of drug-likeness (QED) is 0.180. The van der Waals surface area contributed by atoms with Crippen LogP contribution in [0.3, 0.4) is 0 Å². The smallest absolute Gasteiger partial charge is 0.160 e. The van der Waals surface area contributed by atoms with E-state index in [1.807, 2.05) is 54.6 Å². The molecular formula is C50H30N2O2. The summed E-state index contributed by atoms with van der Waals surface area (Å²) in [6.07, 6.45) is 0. The van der Waals surface area contributed by atoms with Gasteiger partial charge in [0, 0.05) is 43.8 Å². The SMILES string of the molecule is c1ccc(-c2cc(-c3cc(-c4cccc5ccccc45)cc(-c4cccc5c4oc4ccccc45)c3)nc(-c3ccc4oc5ccccc5c4c3)n2)cc1. The standard InChI is InChI=1S/C50H30N2O2/c1-2-13-32(14-3-1)44-30-45(52-50(51-44)33-24-25-48-43(29-33)41-18-7-8-22-46(41)53-48)36-27-34(38-19-10-15-31-12-4-5-16-37(31)38)26-35(28-36)39-20-11-21-42-40-17-6-9-23-47(40)54-49(39)42/h1-30H. The highest BCUT2D eigenvalue weighted by atomic mass is 16.3. The van der Waals surface area contributed by atoms with Crippen molar-refractivity contribution in [3.05, 3.63) is 182 Å². The zero-order valence-corrected chi connectivity index (χ0v) is 29.0. The Morgan fingerprint density at radius 2 is 0.889 bits per heavy atom. The van der Waals surface area contributed by atoms with Crippen LogP contribution in [0.1, 0.15) is 0 Å². The maximum absolute atomic E-state index is 6.58. The van der Waals surface area contributed by atoms with Gasteiger partial charge in [-0.3, -0.25) is 0 Å². The zero-order chi connectivity index (χ0) is 35.6. The minimum atomic E-state index is 0.648. The van der Waals surface area contributed by atoms with Crippen molar-refractivity contribution < 1.29 is 8.83 Å². The summed E-state index contributed by atoms with van der Waals surface area (Å²) in [4.78, 5) is 10.5. The van der Waals surface area contributed by atoms with E-state index in [9.17, 15) is 0 Å². The highest BCUT2D eigenvalue weighted by Gasteiger charge is 2.18. The van der Waals surface area contributed by atoms with Gasteiger partial charge >= 0.3 is 0 Å². The van der Waals surface area contributed by atoms with Crippen LogP contribution in [0.25, 0.3) is 111 Å². The normalized spacial score (nSPS) is 11.7. The number of para-hydroxylation sites is 3. The summed E-state index contributed by atoms with van der Waals surface area (Å²) in [5, 5.41) is 6.70. The highest BCUT2D eigenvalue weighted by molar-refractivity contribution is 6.10. The third-order valence-corrected chi connectivity index (χ3v) is 10.5. The van der Waals surface area contributed by atoms with Gasteiger partial charge in [0.15, 0.2) is 5.82 Å². The molecule has 0 radical (unpaired) electrons. The molecule has 4 heteroatoms. The maximum Gasteiger partial charge on any atom is 0.160 e. The Hall–Kier alpha value is -7.30. The van der Waals surface area contributed by atoms with Gasteiger partial charge in [0.25, 0.3) is 0 Å². The predicted molar refractivity (Wildman–Crippen MR) is 221 cm³/mol. The second-order valence-electron chi connectivity index (χ2n) is 13.7. The fourth-order valence-corrected chi connectivity index (χ4v) is 7.88. The summed E-state index contributed by atoms with van der Waals surface area (Å²) in [6.45, 7) is 0. The Bertz CT molecular complexity index is 3220. The van der Waals surface area contributed by atoms with Gasteiger partial charge in [-0.1, -0.05) is 127 Å². The lowest BCUT2D eigenvalue weighted by atomic mass is 9.91. The molecule has 0 aliphatic carbocycles. The van der Waals surface area contributed by atoms with E-state index in [2.05, 4.69) is 127 Å². The second-order valence-corrected chi connectivity index (χ2v) is 13.7. The molecule has 252 valence electrons. The molecule has 54 heavy (non-hydrogen) atoms. The van der Waals surface area contributed by atoms with E-state index >= 15 is 0 Å². The number of nitrogens with zero attached hydrogens (tertiary/aromatic N) is 2. The van der Waals surface area contributed by atoms with Crippen LogP contribution in [0, 0.1) is 0 Å². The predicted octanol–water partition coefficient (Wildman–Crippen LogP) is 13.8. The van der Waals surface area contributed by atoms with Gasteiger partial charge in [-0.25, -0.2) is 9.97 Å². The van der Waals surface area contributed by atoms with Crippen molar-refractivity contribution in [1.29, 1.82) is 0 Å². The Morgan fingerprint density at radius 3 is 1.72 bits per heavy atom. The van der Waals surface area contributed by atoms with Gasteiger partial charge in [-0.2, -0.15) is 0 Å². The minimum Gasteiger partial charge on any atom is -0.456 e. The van der Waals surface area contributed by atoms with E-state index in [4.69, 9.17) is 18.8 Å². The van der Waals surface area contributed by atoms with Crippen LogP contribution < -0.4 is 0 Å². The summed E-state index contributed by atoms with van der Waals surface area (Å²) < 4.78 is 12.8. The van der Waals surface area contributed by atoms with Gasteiger partial charge in [0.1, 0.15) is 22.3 Å². The van der Waals surface area contributed by atoms with Crippen molar-refractivity contribution >= 4 is 54.6 Å². The van der Waals surface area contributed by atoms with E-state index < -0.39 is 0 Å². The molecule has 0 saturated carbocycles. The molecule has 0 saturated heterocycles. The number of fused-ring (bicyclic) bond motifs is 7. The van der Waals surface area contributed by atoms with Crippen LogP contribution in [0.15, 0.2) is 191 Å². The molecule has 11 rings (SSSR count). The van der Waals surface area contributed by atoms with Crippen LogP contribution in [0.5, 0.6) is 0 Å². The first-order chi connectivity index (χ1) is 26.7. The zero-order valence-electron chi connectivity index (χ0n) is 29.0. The lowest BCUT2D eigenvalue weighted by Crippen LogP contribution is -1.97. The highest BCUT2D eigenvalue weighted by Crippen LogP contribution is 2.41. The number of aromatic nitrogens is 2. The Labute approximate surface area is 310 Å². The molecule has 11 aromatic rings. The van der Waals surface area contributed by atoms with E-state index in [0.29, 0.717) is 5.82 Å². The molecule has 3 heterocycles. The van der Waals surface area contributed by atoms with Crippen molar-refractivity contribution in [2.75, 3.05) is 0 Å². The first kappa shape index (κ1) is 30.3. The summed E-state index contributed by atoms with van der Waals surface area (Å²) in [6, 6.07) is 63.3. The lowest BCUT2D eigenvalue weighted by molar-refractivity contribution is 0.669. The van der Waals surface area contributed by atoms with Crippen LogP contribution >= 0.6 is 0 Å². The van der Waals surface area contributed by atoms with Crippen molar-refractivity contribution in [2.45, 2.75) is 0 Å². The molecule has 0 N–H and O–H groups in total. The molecule has 0 fully saturated rings. The van der Waals surface area contributed by atoms with Crippen molar-refractivity contribution in [2.24, 2.45) is 0 Å². The first-order valence-electron chi connectivity index (χ1n) is 18.1. The van der Waals surface area contributed by atoms with Gasteiger partial charge in [0.2, 0.25) is 0 Å². The molecule has 0 bridgehead atoms. The molecule has 0 atom stereocenters. The third kappa shape index (κ3) is 5.00. The molecule has 0 amide bonds. The lowest BCUT2D eigenvalue weighted by Gasteiger charge is -2.14. The maximum atomic E-state index is 6.58. The molecule has 3 aromatic heterocycles. The van der Waals surface area contributed by atoms with Gasteiger partial charge in [-0.05, 0) is 82.1 Å². The number of benzene rings is 8. The number of rotatable bonds is 5. The fourth-order valence-electron chi connectivity index (χ4n) is 7.88. The molecule has 0 aliphatic heterocycles. The Morgan fingerprint density at radius 1 is 0.315 bits per heavy atom. The van der Waals surface area contributed by atoms with Crippen molar-refractivity contribution in [3.63, 3.8) is 0 Å². The van der Waals surface area contributed by atoms with Crippen molar-refractivity contribution in [3.8, 4) is 56.2 Å². The van der Waals surface area contributed by atoms with Crippen LogP contribution in [-0.2, 0) is 0 Å². The van der Waals surface area contributed by atoms with E-state index in [1.165, 1.54) is 10.8 Å². The Balaban J connectivity index is 1.17. The van der Waals surface area contributed by atoms with E-state index in [0.717, 1.165) is 94.2 Å². The number of hydrogen-bond acceptors (Lipinski definition) is 4. The van der Waals surface area contributed by atoms with Gasteiger partial charge in [-0.15, -0.1) is 0 Å². The van der Waals surface area contributed by atoms with Crippen molar-refractivity contribution in [1.82, 2.24) is 9.97 Å². The minimum absolute atomic E-state index is 0.648. The molecular weight excluding hydrogens is 661 g/mol. The third-order valence-electron chi connectivity index (χ3n) is 10.5. The van der Waals surface area contributed by atoms with E-state index in [1.54, 1.807) is 0 Å². The Kier molecular flexibility index (Phi) is 6.82.